The summed E-state index contributed by atoms with van der Waals surface area (Å²) in [5, 5.41) is 7.23. The van der Waals surface area contributed by atoms with E-state index in [4.69, 9.17) is 4.74 Å². The average molecular weight is 121 g/mol. The number of nitrogens with zero attached hydrogens (tertiary/aromatic N) is 2. The highest BCUT2D eigenvalue weighted by Crippen LogP contribution is 2.20. The lowest BCUT2D eigenvalue weighted by atomic mass is 10.2. The third-order valence-electron chi connectivity index (χ3n) is 1.33. The fourth-order valence-electron chi connectivity index (χ4n) is 0.869. The molecule has 1 aromatic rings. The molecule has 0 unspecified atom stereocenters. The number of hydrogen-bond acceptors (Lipinski definition) is 3. The smallest absolute Gasteiger partial charge is 0.159 e. The van der Waals surface area contributed by atoms with Gasteiger partial charge >= 0.3 is 0 Å². The second kappa shape index (κ2) is 1.69. The van der Waals surface area contributed by atoms with Crippen LogP contribution in [0.4, 0.5) is 0 Å². The van der Waals surface area contributed by atoms with Gasteiger partial charge in [0.2, 0.25) is 0 Å². The van der Waals surface area contributed by atoms with Crippen molar-refractivity contribution in [1.82, 2.24) is 10.2 Å². The van der Waals surface area contributed by atoms with E-state index >= 15 is 0 Å². The first kappa shape index (κ1) is 4.73. The van der Waals surface area contributed by atoms with Crippen molar-refractivity contribution in [1.29, 1.82) is 0 Å². The van der Waals surface area contributed by atoms with E-state index in [0.717, 1.165) is 24.3 Å². The summed E-state index contributed by atoms with van der Waals surface area (Å²) in [5.74, 6) is 0.769. The molecule has 0 spiro atoms. The molecule has 0 fully saturated rings. The third kappa shape index (κ3) is 0.650. The summed E-state index contributed by atoms with van der Waals surface area (Å²) >= 11 is 0. The van der Waals surface area contributed by atoms with Gasteiger partial charge in [0, 0.05) is 12.0 Å². The largest absolute Gasteiger partial charge is 0.490 e. The molecule has 0 saturated carbocycles. The van der Waals surface area contributed by atoms with Crippen LogP contribution in [0.2, 0.25) is 0 Å². The van der Waals surface area contributed by atoms with Crippen molar-refractivity contribution in [3.05, 3.63) is 18.0 Å². The Balaban J connectivity index is 2.54. The quantitative estimate of drug-likeness (QED) is 0.492. The van der Waals surface area contributed by atoms with Crippen molar-refractivity contribution in [3.63, 3.8) is 0 Å². The third-order valence-corrected chi connectivity index (χ3v) is 1.33. The van der Waals surface area contributed by atoms with Crippen molar-refractivity contribution in [3.8, 4) is 5.75 Å². The second-order valence-electron chi connectivity index (χ2n) is 1.91. The predicted octanol–water partition coefficient (Wildman–Crippen LogP) is 0.212. The van der Waals surface area contributed by atoms with E-state index in [1.807, 2.05) is 0 Å². The molecule has 0 bridgehead atoms. The first-order valence-electron chi connectivity index (χ1n) is 2.82. The van der Waals surface area contributed by atoms with Crippen molar-refractivity contribution in [2.24, 2.45) is 0 Å². The Morgan fingerprint density at radius 1 is 1.67 bits per heavy atom. The maximum atomic E-state index is 5.14. The van der Waals surface area contributed by atoms with Gasteiger partial charge < -0.3 is 4.74 Å². The Bertz CT molecular complexity index is 201. The van der Waals surface area contributed by atoms with Gasteiger partial charge in [0.25, 0.3) is 0 Å². The number of fused-ring (bicyclic) bond motifs is 1. The second-order valence-corrected chi connectivity index (χ2v) is 1.91. The maximum Gasteiger partial charge on any atom is 0.159 e. The molecule has 45 valence electrons. The molecular formula is C6H5N2O. The zero-order valence-corrected chi connectivity index (χ0v) is 4.79. The van der Waals surface area contributed by atoms with Crippen LogP contribution in [-0.2, 0) is 6.42 Å². The predicted molar refractivity (Wildman–Crippen MR) is 30.1 cm³/mol. The topological polar surface area (TPSA) is 35.0 Å². The molecule has 0 saturated heterocycles. The summed E-state index contributed by atoms with van der Waals surface area (Å²) in [5.41, 5.74) is 1.12. The van der Waals surface area contributed by atoms with E-state index in [0.29, 0.717) is 0 Å². The summed E-state index contributed by atoms with van der Waals surface area (Å²) in [6, 6.07) is 0. The van der Waals surface area contributed by atoms with Crippen molar-refractivity contribution >= 4 is 0 Å². The number of ether oxygens (including phenoxy) is 1. The Labute approximate surface area is 52.7 Å². The van der Waals surface area contributed by atoms with Gasteiger partial charge in [-0.05, 0) is 0 Å². The summed E-state index contributed by atoms with van der Waals surface area (Å²) in [6.45, 7) is 0.749. The molecule has 0 aromatic carbocycles. The van der Waals surface area contributed by atoms with Crippen LogP contribution in [0.3, 0.4) is 0 Å². The van der Waals surface area contributed by atoms with E-state index in [-0.39, 0.29) is 0 Å². The number of rotatable bonds is 0. The highest BCUT2D eigenvalue weighted by atomic mass is 16.5. The van der Waals surface area contributed by atoms with Gasteiger partial charge in [0.15, 0.2) is 11.9 Å². The van der Waals surface area contributed by atoms with Gasteiger partial charge in [-0.25, -0.2) is 0 Å². The molecule has 1 radical (unpaired) electrons. The van der Waals surface area contributed by atoms with Crippen LogP contribution in [0.25, 0.3) is 0 Å². The lowest BCUT2D eigenvalue weighted by Crippen LogP contribution is -1.86. The first-order chi connectivity index (χ1) is 4.47. The van der Waals surface area contributed by atoms with Gasteiger partial charge in [-0.3, -0.25) is 0 Å². The zero-order valence-electron chi connectivity index (χ0n) is 4.79. The Morgan fingerprint density at radius 2 is 2.67 bits per heavy atom. The van der Waals surface area contributed by atoms with E-state index in [1.54, 1.807) is 6.20 Å². The van der Waals surface area contributed by atoms with Crippen LogP contribution < -0.4 is 4.74 Å². The molecule has 1 aromatic heterocycles. The van der Waals surface area contributed by atoms with Gasteiger partial charge in [-0.2, -0.15) is 5.10 Å². The van der Waals surface area contributed by atoms with Gasteiger partial charge in [-0.15, -0.1) is 5.10 Å². The molecule has 9 heavy (non-hydrogen) atoms. The Hall–Kier alpha value is -1.12. The number of aromatic nitrogens is 2. The summed E-state index contributed by atoms with van der Waals surface area (Å²) in [7, 11) is 0. The molecule has 3 heteroatoms. The molecule has 2 rings (SSSR count). The van der Waals surface area contributed by atoms with Crippen LogP contribution in [0.5, 0.6) is 5.75 Å². The van der Waals surface area contributed by atoms with Gasteiger partial charge in [-0.1, -0.05) is 0 Å². The van der Waals surface area contributed by atoms with E-state index in [9.17, 15) is 0 Å². The SMILES string of the molecule is [c]1nncc2c1OCC2. The van der Waals surface area contributed by atoms with Crippen molar-refractivity contribution in [2.75, 3.05) is 6.61 Å². The van der Waals surface area contributed by atoms with Crippen LogP contribution in [0.15, 0.2) is 6.20 Å². The minimum Gasteiger partial charge on any atom is -0.490 e. The summed E-state index contributed by atoms with van der Waals surface area (Å²) < 4.78 is 5.14. The molecule has 1 aliphatic heterocycles. The summed E-state index contributed by atoms with van der Waals surface area (Å²) in [4.78, 5) is 0. The van der Waals surface area contributed by atoms with E-state index in [1.165, 1.54) is 0 Å². The molecule has 3 nitrogen and oxygen atoms in total. The molecule has 0 N–H and O–H groups in total. The normalized spacial score (nSPS) is 14.7. The molecular weight excluding hydrogens is 116 g/mol. The van der Waals surface area contributed by atoms with Crippen LogP contribution in [-0.4, -0.2) is 16.8 Å². The Morgan fingerprint density at radius 3 is 3.56 bits per heavy atom. The lowest BCUT2D eigenvalue weighted by Gasteiger charge is -1.91. The summed E-state index contributed by atoms with van der Waals surface area (Å²) in [6.07, 6.45) is 5.33. The fraction of sp³-hybridized carbons (Fsp3) is 0.333. The monoisotopic (exact) mass is 121 g/mol. The minimum atomic E-state index is 0.749. The van der Waals surface area contributed by atoms with Crippen molar-refractivity contribution in [2.45, 2.75) is 6.42 Å². The van der Waals surface area contributed by atoms with Crippen LogP contribution in [0, 0.1) is 6.20 Å². The Kier molecular flexibility index (Phi) is 0.886. The maximum absolute atomic E-state index is 5.14. The van der Waals surface area contributed by atoms with Crippen molar-refractivity contribution < 1.29 is 4.74 Å². The van der Waals surface area contributed by atoms with E-state index < -0.39 is 0 Å². The molecule has 1 aliphatic rings. The molecule has 0 atom stereocenters. The first-order valence-corrected chi connectivity index (χ1v) is 2.82. The average Bonchev–Trinajstić information content (AvgIpc) is 2.33. The number of hydrogen-bond donors (Lipinski definition) is 0. The molecule has 0 amide bonds. The van der Waals surface area contributed by atoms with Gasteiger partial charge in [0.1, 0.15) is 0 Å². The molecule has 2 heterocycles. The fourth-order valence-corrected chi connectivity index (χ4v) is 0.869. The minimum absolute atomic E-state index is 0.749. The lowest BCUT2D eigenvalue weighted by molar-refractivity contribution is 0.354. The molecule has 0 aliphatic carbocycles. The van der Waals surface area contributed by atoms with Crippen LogP contribution in [0.1, 0.15) is 5.56 Å². The zero-order chi connectivity index (χ0) is 6.10. The highest BCUT2D eigenvalue weighted by Gasteiger charge is 2.10. The standard InChI is InChI=1S/C6H5N2O/c1-2-9-6-4-8-7-3-5(1)6/h3H,1-2H2. The van der Waals surface area contributed by atoms with Gasteiger partial charge in [0.05, 0.1) is 12.8 Å². The van der Waals surface area contributed by atoms with Crippen LogP contribution >= 0.6 is 0 Å². The van der Waals surface area contributed by atoms with E-state index in [2.05, 4.69) is 16.4 Å². The highest BCUT2D eigenvalue weighted by molar-refractivity contribution is 5.29.